The molecule has 0 saturated carbocycles. The van der Waals surface area contributed by atoms with Crippen LogP contribution in [-0.2, 0) is 0 Å². The molecule has 1 N–H and O–H groups in total. The predicted molar refractivity (Wildman–Crippen MR) is 74.0 cm³/mol. The van der Waals surface area contributed by atoms with Crippen molar-refractivity contribution < 1.29 is 9.62 Å². The van der Waals surface area contributed by atoms with Crippen LogP contribution in [0, 0.1) is 0 Å². The highest BCUT2D eigenvalue weighted by Crippen LogP contribution is 2.19. The zero-order chi connectivity index (χ0) is 12.4. The first kappa shape index (κ1) is 13.1. The Kier molecular flexibility index (Phi) is 3.82. The molecule has 0 aliphatic carbocycles. The van der Waals surface area contributed by atoms with Crippen LogP contribution in [0.4, 0.5) is 0 Å². The van der Waals surface area contributed by atoms with Gasteiger partial charge in [-0.05, 0) is 24.3 Å². The maximum absolute atomic E-state index is 9.07. The molecule has 0 fully saturated rings. The Morgan fingerprint density at radius 2 is 1.84 bits per heavy atom. The minimum Gasteiger partial charge on any atom is -0.454 e. The summed E-state index contributed by atoms with van der Waals surface area (Å²) in [5.74, 6) is 0.571. The first-order valence-electron chi connectivity index (χ1n) is 5.51. The van der Waals surface area contributed by atoms with E-state index in [1.54, 1.807) is 12.3 Å². The van der Waals surface area contributed by atoms with Crippen LogP contribution in [0.3, 0.4) is 0 Å². The molecule has 1 aromatic carbocycles. The summed E-state index contributed by atoms with van der Waals surface area (Å²) in [7, 11) is 0. The Morgan fingerprint density at radius 1 is 1.05 bits per heavy atom. The van der Waals surface area contributed by atoms with E-state index in [9.17, 15) is 0 Å². The molecule has 96 valence electrons. The van der Waals surface area contributed by atoms with E-state index >= 15 is 0 Å². The van der Waals surface area contributed by atoms with Crippen LogP contribution >= 0.6 is 12.4 Å². The van der Waals surface area contributed by atoms with Crippen LogP contribution in [0.1, 0.15) is 0 Å². The van der Waals surface area contributed by atoms with Crippen LogP contribution < -0.4 is 5.36 Å². The van der Waals surface area contributed by atoms with Crippen molar-refractivity contribution in [3.8, 4) is 11.5 Å². The highest BCUT2D eigenvalue weighted by Gasteiger charge is 2.05. The summed E-state index contributed by atoms with van der Waals surface area (Å²) in [6, 6.07) is 14.6. The molecule has 0 aliphatic heterocycles. The molecule has 0 radical (unpaired) electrons. The normalized spacial score (nSPS) is 11.3. The Morgan fingerprint density at radius 3 is 2.58 bits per heavy atom. The van der Waals surface area contributed by atoms with Crippen LogP contribution in [0.2, 0.25) is 0 Å². The van der Waals surface area contributed by atoms with E-state index in [2.05, 4.69) is 10.1 Å². The topological polar surface area (TPSA) is 58.6 Å². The molecule has 0 unspecified atom stereocenters. The zero-order valence-corrected chi connectivity index (χ0v) is 10.7. The maximum Gasteiger partial charge on any atom is 0.155 e. The maximum atomic E-state index is 9.07. The van der Waals surface area contributed by atoms with Crippen molar-refractivity contribution >= 4 is 23.4 Å². The molecule has 0 saturated heterocycles. The fourth-order valence-corrected chi connectivity index (χ4v) is 1.83. The van der Waals surface area contributed by atoms with Gasteiger partial charge in [-0.2, -0.15) is 0 Å². The lowest BCUT2D eigenvalue weighted by molar-refractivity contribution is 0.302. The number of fused-ring (bicyclic) bond motifs is 1. The van der Waals surface area contributed by atoms with Crippen molar-refractivity contribution in [2.45, 2.75) is 0 Å². The first-order valence-corrected chi connectivity index (χ1v) is 5.51. The van der Waals surface area contributed by atoms with Gasteiger partial charge < -0.3 is 9.62 Å². The highest BCUT2D eigenvalue weighted by molar-refractivity contribution is 5.85. The molecule has 3 rings (SSSR count). The second-order valence-corrected chi connectivity index (χ2v) is 3.81. The number of hydrogen-bond acceptors (Lipinski definition) is 4. The zero-order valence-electron chi connectivity index (χ0n) is 9.85. The third-order valence-electron chi connectivity index (χ3n) is 2.68. The average molecular weight is 275 g/mol. The van der Waals surface area contributed by atoms with Gasteiger partial charge in [0.15, 0.2) is 5.76 Å². The van der Waals surface area contributed by atoms with Crippen molar-refractivity contribution in [3.63, 3.8) is 0 Å². The van der Waals surface area contributed by atoms with E-state index in [0.29, 0.717) is 22.4 Å². The SMILES string of the molecule is Cl.ON=c1cc(-c2ccccn2)oc2ccccc12. The summed E-state index contributed by atoms with van der Waals surface area (Å²) in [5, 5.41) is 13.6. The Hall–Kier alpha value is -2.33. The third-order valence-corrected chi connectivity index (χ3v) is 2.68. The number of aromatic nitrogens is 1. The van der Waals surface area contributed by atoms with Gasteiger partial charge in [-0.15, -0.1) is 12.4 Å². The highest BCUT2D eigenvalue weighted by atomic mass is 35.5. The Balaban J connectivity index is 0.00000133. The van der Waals surface area contributed by atoms with Gasteiger partial charge in [0.05, 0.1) is 0 Å². The number of halogens is 1. The van der Waals surface area contributed by atoms with Gasteiger partial charge in [0, 0.05) is 17.6 Å². The molecule has 5 heteroatoms. The number of benzene rings is 1. The van der Waals surface area contributed by atoms with Gasteiger partial charge in [-0.3, -0.25) is 4.98 Å². The molecule has 0 spiro atoms. The third kappa shape index (κ3) is 2.44. The summed E-state index contributed by atoms with van der Waals surface area (Å²) in [6.45, 7) is 0. The largest absolute Gasteiger partial charge is 0.454 e. The lowest BCUT2D eigenvalue weighted by Gasteiger charge is -2.02. The van der Waals surface area contributed by atoms with Gasteiger partial charge in [0.2, 0.25) is 0 Å². The molecular formula is C14H11ClN2O2. The van der Waals surface area contributed by atoms with Gasteiger partial charge in [0.1, 0.15) is 16.6 Å². The molecule has 0 amide bonds. The molecule has 19 heavy (non-hydrogen) atoms. The van der Waals surface area contributed by atoms with E-state index in [1.807, 2.05) is 42.5 Å². The molecule has 0 atom stereocenters. The number of para-hydroxylation sites is 1. The second kappa shape index (κ2) is 5.54. The first-order chi connectivity index (χ1) is 8.88. The Bertz CT molecular complexity index is 754. The summed E-state index contributed by atoms with van der Waals surface area (Å²) in [5.41, 5.74) is 1.36. The molecular weight excluding hydrogens is 264 g/mol. The number of rotatable bonds is 1. The molecule has 2 aromatic heterocycles. The predicted octanol–water partition coefficient (Wildman–Crippen LogP) is 3.21. The van der Waals surface area contributed by atoms with Gasteiger partial charge >= 0.3 is 0 Å². The summed E-state index contributed by atoms with van der Waals surface area (Å²) in [6.07, 6.45) is 1.69. The van der Waals surface area contributed by atoms with E-state index < -0.39 is 0 Å². The van der Waals surface area contributed by atoms with E-state index in [1.165, 1.54) is 0 Å². The van der Waals surface area contributed by atoms with Crippen LogP contribution in [-0.4, -0.2) is 10.2 Å². The van der Waals surface area contributed by atoms with E-state index in [0.717, 1.165) is 5.39 Å². The van der Waals surface area contributed by atoms with Crippen molar-refractivity contribution in [1.29, 1.82) is 0 Å². The number of hydrogen-bond donors (Lipinski definition) is 1. The minimum absolute atomic E-state index is 0. The van der Waals surface area contributed by atoms with Crippen molar-refractivity contribution in [2.75, 3.05) is 0 Å². The monoisotopic (exact) mass is 274 g/mol. The van der Waals surface area contributed by atoms with Crippen molar-refractivity contribution in [1.82, 2.24) is 4.98 Å². The smallest absolute Gasteiger partial charge is 0.155 e. The quantitative estimate of drug-likeness (QED) is 0.547. The van der Waals surface area contributed by atoms with Crippen LogP contribution in [0.5, 0.6) is 0 Å². The minimum atomic E-state index is 0. The van der Waals surface area contributed by atoms with Gasteiger partial charge in [-0.25, -0.2) is 0 Å². The second-order valence-electron chi connectivity index (χ2n) is 3.81. The molecule has 2 heterocycles. The molecule has 0 aliphatic rings. The molecule has 3 aromatic rings. The summed E-state index contributed by atoms with van der Waals surface area (Å²) < 4.78 is 5.76. The number of nitrogens with zero attached hydrogens (tertiary/aromatic N) is 2. The lowest BCUT2D eigenvalue weighted by atomic mass is 10.2. The summed E-state index contributed by atoms with van der Waals surface area (Å²) >= 11 is 0. The average Bonchev–Trinajstić information content (AvgIpc) is 2.47. The van der Waals surface area contributed by atoms with Crippen molar-refractivity contribution in [3.05, 3.63) is 60.1 Å². The number of pyridine rings is 1. The summed E-state index contributed by atoms with van der Waals surface area (Å²) in [4.78, 5) is 4.21. The lowest BCUT2D eigenvalue weighted by Crippen LogP contribution is -2.03. The molecule has 4 nitrogen and oxygen atoms in total. The van der Waals surface area contributed by atoms with E-state index in [-0.39, 0.29) is 12.4 Å². The fourth-order valence-electron chi connectivity index (χ4n) is 1.83. The van der Waals surface area contributed by atoms with Gasteiger partial charge in [-0.1, -0.05) is 23.4 Å². The van der Waals surface area contributed by atoms with Gasteiger partial charge in [0.25, 0.3) is 0 Å². The van der Waals surface area contributed by atoms with E-state index in [4.69, 9.17) is 9.62 Å². The van der Waals surface area contributed by atoms with Crippen LogP contribution in [0.15, 0.2) is 64.3 Å². The fraction of sp³-hybridized carbons (Fsp3) is 0. The van der Waals surface area contributed by atoms with Crippen LogP contribution in [0.25, 0.3) is 22.4 Å². The Labute approximate surface area is 115 Å². The molecule has 0 bridgehead atoms. The standard InChI is InChI=1S/C14H10N2O2.ClH/c17-16-12-9-14(11-6-3-4-8-15-11)18-13-7-2-1-5-10(12)13;/h1-9,17H;1H. The van der Waals surface area contributed by atoms with Crippen molar-refractivity contribution in [2.24, 2.45) is 5.16 Å².